The maximum atomic E-state index is 13.3. The summed E-state index contributed by atoms with van der Waals surface area (Å²) in [4.78, 5) is 26.3. The second-order valence-electron chi connectivity index (χ2n) is 7.43. The van der Waals surface area contributed by atoms with Crippen molar-refractivity contribution in [3.8, 4) is 17.2 Å². The molecule has 7 nitrogen and oxygen atoms in total. The molecule has 0 spiro atoms. The van der Waals surface area contributed by atoms with Gasteiger partial charge in [-0.05, 0) is 42.0 Å². The Hall–Kier alpha value is -4.26. The standard InChI is InChI=1S/C25H19NO6/c1-30-19-13-14(11-12-17(19)27)20-21-22(16-9-5-6-10-18(16)31-25(21)29)32-23(20)24(28)26-15-7-3-2-4-8-15/h2-13,20,23,27H,1H3,(H,26,28). The van der Waals surface area contributed by atoms with E-state index in [0.717, 1.165) is 0 Å². The quantitative estimate of drug-likeness (QED) is 0.475. The summed E-state index contributed by atoms with van der Waals surface area (Å²) in [5, 5.41) is 13.5. The molecule has 2 heterocycles. The highest BCUT2D eigenvalue weighted by molar-refractivity contribution is 5.97. The van der Waals surface area contributed by atoms with Gasteiger partial charge in [0, 0.05) is 5.69 Å². The summed E-state index contributed by atoms with van der Waals surface area (Å²) >= 11 is 0. The number of ether oxygens (including phenoxy) is 2. The van der Waals surface area contributed by atoms with E-state index in [1.165, 1.54) is 13.2 Å². The molecule has 2 unspecified atom stereocenters. The first kappa shape index (κ1) is 19.7. The van der Waals surface area contributed by atoms with Crippen LogP contribution >= 0.6 is 0 Å². The van der Waals surface area contributed by atoms with Crippen molar-refractivity contribution in [1.29, 1.82) is 0 Å². The van der Waals surface area contributed by atoms with E-state index >= 15 is 0 Å². The highest BCUT2D eigenvalue weighted by atomic mass is 16.5. The normalized spacial score (nSPS) is 16.9. The second kappa shape index (κ2) is 7.77. The van der Waals surface area contributed by atoms with Crippen LogP contribution in [0.3, 0.4) is 0 Å². The van der Waals surface area contributed by atoms with Crippen molar-refractivity contribution in [3.63, 3.8) is 0 Å². The fraction of sp³-hybridized carbons (Fsp3) is 0.120. The van der Waals surface area contributed by atoms with Crippen LogP contribution in [0, 0.1) is 0 Å². The van der Waals surface area contributed by atoms with Gasteiger partial charge in [0.1, 0.15) is 11.3 Å². The molecule has 7 heteroatoms. The van der Waals surface area contributed by atoms with E-state index in [9.17, 15) is 14.7 Å². The van der Waals surface area contributed by atoms with E-state index in [1.54, 1.807) is 42.5 Å². The number of hydrogen-bond acceptors (Lipinski definition) is 6. The van der Waals surface area contributed by atoms with E-state index in [4.69, 9.17) is 13.9 Å². The maximum absolute atomic E-state index is 13.3. The highest BCUT2D eigenvalue weighted by Crippen LogP contribution is 2.45. The molecule has 2 N–H and O–H groups in total. The van der Waals surface area contributed by atoms with Gasteiger partial charge >= 0.3 is 5.63 Å². The number of rotatable bonds is 4. The first-order chi connectivity index (χ1) is 15.6. The minimum atomic E-state index is -1.03. The molecule has 5 rings (SSSR count). The molecule has 1 amide bonds. The zero-order valence-electron chi connectivity index (χ0n) is 17.1. The number of carbonyl (C=O) groups is 1. The van der Waals surface area contributed by atoms with Crippen LogP contribution in [-0.4, -0.2) is 24.2 Å². The van der Waals surface area contributed by atoms with Crippen molar-refractivity contribution in [2.45, 2.75) is 12.0 Å². The van der Waals surface area contributed by atoms with Gasteiger partial charge in [-0.15, -0.1) is 0 Å². The van der Waals surface area contributed by atoms with Crippen molar-refractivity contribution in [1.82, 2.24) is 0 Å². The first-order valence-electron chi connectivity index (χ1n) is 10.0. The summed E-state index contributed by atoms with van der Waals surface area (Å²) in [7, 11) is 1.43. The van der Waals surface area contributed by atoms with E-state index in [-0.39, 0.29) is 17.1 Å². The number of phenols is 1. The van der Waals surface area contributed by atoms with E-state index in [0.29, 0.717) is 28.0 Å². The van der Waals surface area contributed by atoms with Crippen molar-refractivity contribution in [2.75, 3.05) is 12.4 Å². The lowest BCUT2D eigenvalue weighted by atomic mass is 9.88. The zero-order valence-corrected chi connectivity index (χ0v) is 17.1. The molecule has 160 valence electrons. The number of hydrogen-bond donors (Lipinski definition) is 2. The number of phenolic OH excluding ortho intramolecular Hbond substituents is 1. The molecular weight excluding hydrogens is 410 g/mol. The molecule has 0 bridgehead atoms. The van der Waals surface area contributed by atoms with Gasteiger partial charge in [-0.3, -0.25) is 4.79 Å². The highest BCUT2D eigenvalue weighted by Gasteiger charge is 2.44. The zero-order chi connectivity index (χ0) is 22.2. The number of fused-ring (bicyclic) bond motifs is 3. The molecule has 0 fully saturated rings. The molecule has 1 aliphatic rings. The van der Waals surface area contributed by atoms with Crippen molar-refractivity contribution >= 4 is 22.6 Å². The Morgan fingerprint density at radius 3 is 2.56 bits per heavy atom. The Balaban J connectivity index is 1.67. The minimum absolute atomic E-state index is 0.0498. The average molecular weight is 429 g/mol. The van der Waals surface area contributed by atoms with Gasteiger partial charge in [0.25, 0.3) is 5.91 Å². The fourth-order valence-electron chi connectivity index (χ4n) is 4.05. The predicted octanol–water partition coefficient (Wildman–Crippen LogP) is 4.04. The average Bonchev–Trinajstić information content (AvgIpc) is 3.22. The predicted molar refractivity (Wildman–Crippen MR) is 118 cm³/mol. The molecule has 0 saturated carbocycles. The van der Waals surface area contributed by atoms with Gasteiger partial charge in [-0.1, -0.05) is 36.4 Å². The minimum Gasteiger partial charge on any atom is -0.504 e. The molecule has 32 heavy (non-hydrogen) atoms. The summed E-state index contributed by atoms with van der Waals surface area (Å²) in [5.74, 6) is -0.673. The molecule has 1 aliphatic heterocycles. The summed E-state index contributed by atoms with van der Waals surface area (Å²) in [6.45, 7) is 0. The van der Waals surface area contributed by atoms with Gasteiger partial charge in [0.05, 0.1) is 24.0 Å². The second-order valence-corrected chi connectivity index (χ2v) is 7.43. The van der Waals surface area contributed by atoms with Crippen LogP contribution in [0.4, 0.5) is 5.69 Å². The smallest absolute Gasteiger partial charge is 0.344 e. The number of anilines is 1. The molecule has 0 radical (unpaired) electrons. The van der Waals surface area contributed by atoms with Crippen molar-refractivity contribution in [3.05, 3.63) is 94.3 Å². The number of nitrogens with one attached hydrogen (secondary N) is 1. The third-order valence-electron chi connectivity index (χ3n) is 5.52. The SMILES string of the molecule is COc1cc(C2c3c(c4ccccc4oc3=O)OC2C(=O)Nc2ccccc2)ccc1O. The third kappa shape index (κ3) is 3.24. The fourth-order valence-corrected chi connectivity index (χ4v) is 4.05. The molecule has 0 aliphatic carbocycles. The number of benzene rings is 3. The van der Waals surface area contributed by atoms with Crippen LogP contribution < -0.4 is 20.4 Å². The van der Waals surface area contributed by atoms with Gasteiger partial charge in [0.2, 0.25) is 0 Å². The molecule has 4 aromatic rings. The van der Waals surface area contributed by atoms with E-state index in [2.05, 4.69) is 5.32 Å². The third-order valence-corrected chi connectivity index (χ3v) is 5.52. The van der Waals surface area contributed by atoms with Crippen LogP contribution in [0.15, 0.2) is 82.0 Å². The van der Waals surface area contributed by atoms with Gasteiger partial charge < -0.3 is 24.3 Å². The Bertz CT molecular complexity index is 1380. The molecule has 2 atom stereocenters. The number of para-hydroxylation sites is 2. The molecule has 0 saturated heterocycles. The van der Waals surface area contributed by atoms with E-state index in [1.807, 2.05) is 24.3 Å². The number of methoxy groups -OCH3 is 1. The van der Waals surface area contributed by atoms with Crippen LogP contribution in [0.1, 0.15) is 17.0 Å². The molecular formula is C25H19NO6. The topological polar surface area (TPSA) is 98.0 Å². The number of amides is 1. The lowest BCUT2D eigenvalue weighted by Crippen LogP contribution is -2.35. The van der Waals surface area contributed by atoms with Crippen LogP contribution in [0.25, 0.3) is 11.0 Å². The Kier molecular flexibility index (Phi) is 4.78. The number of aromatic hydroxyl groups is 1. The first-order valence-corrected chi connectivity index (χ1v) is 10.0. The van der Waals surface area contributed by atoms with Crippen molar-refractivity contribution < 1.29 is 23.8 Å². The van der Waals surface area contributed by atoms with Gasteiger partial charge in [0.15, 0.2) is 17.6 Å². The monoisotopic (exact) mass is 429 g/mol. The Labute approximate surface area is 182 Å². The lowest BCUT2D eigenvalue weighted by molar-refractivity contribution is -0.122. The largest absolute Gasteiger partial charge is 0.504 e. The number of carbonyl (C=O) groups excluding carboxylic acids is 1. The lowest BCUT2D eigenvalue weighted by Gasteiger charge is -2.19. The summed E-state index contributed by atoms with van der Waals surface area (Å²) in [6.07, 6.45) is -1.03. The Morgan fingerprint density at radius 1 is 1.03 bits per heavy atom. The van der Waals surface area contributed by atoms with Gasteiger partial charge in [-0.25, -0.2) is 4.79 Å². The Morgan fingerprint density at radius 2 is 1.78 bits per heavy atom. The van der Waals surface area contributed by atoms with Crippen molar-refractivity contribution in [2.24, 2.45) is 0 Å². The van der Waals surface area contributed by atoms with Crippen LogP contribution in [-0.2, 0) is 4.79 Å². The van der Waals surface area contributed by atoms with Crippen LogP contribution in [0.2, 0.25) is 0 Å². The summed E-state index contributed by atoms with van der Waals surface area (Å²) in [6, 6.07) is 20.7. The molecule has 3 aromatic carbocycles. The van der Waals surface area contributed by atoms with Gasteiger partial charge in [-0.2, -0.15) is 0 Å². The summed E-state index contributed by atoms with van der Waals surface area (Å²) in [5.41, 5.74) is 1.24. The summed E-state index contributed by atoms with van der Waals surface area (Å²) < 4.78 is 16.9. The molecule has 1 aromatic heterocycles. The maximum Gasteiger partial charge on any atom is 0.344 e. The van der Waals surface area contributed by atoms with E-state index < -0.39 is 23.6 Å². The van der Waals surface area contributed by atoms with Crippen LogP contribution in [0.5, 0.6) is 17.2 Å².